The molecule has 0 saturated carbocycles. The maximum atomic E-state index is 11.1. The number of benzene rings is 1. The Bertz CT molecular complexity index is 410. The van der Waals surface area contributed by atoms with E-state index < -0.39 is 11.9 Å². The summed E-state index contributed by atoms with van der Waals surface area (Å²) in [5, 5.41) is 9.14. The molecule has 0 amide bonds. The minimum atomic E-state index is -0.782. The Morgan fingerprint density at radius 3 is 2.76 bits per heavy atom. The number of hydrogen-bond acceptors (Lipinski definition) is 2. The summed E-state index contributed by atoms with van der Waals surface area (Å²) in [5.74, 6) is -0.447. The summed E-state index contributed by atoms with van der Waals surface area (Å²) in [6.45, 7) is 5.61. The summed E-state index contributed by atoms with van der Waals surface area (Å²) >= 11 is 0. The molecule has 0 aliphatic rings. The van der Waals surface area contributed by atoms with Gasteiger partial charge in [0.2, 0.25) is 0 Å². The number of carboxylic acid groups (broad SMARTS) is 1. The van der Waals surface area contributed by atoms with E-state index in [2.05, 4.69) is 6.58 Å². The second kappa shape index (κ2) is 6.09. The van der Waals surface area contributed by atoms with Gasteiger partial charge in [-0.05, 0) is 37.5 Å². The zero-order chi connectivity index (χ0) is 12.8. The smallest absolute Gasteiger partial charge is 0.307 e. The molecule has 17 heavy (non-hydrogen) atoms. The van der Waals surface area contributed by atoms with E-state index in [0.29, 0.717) is 12.8 Å². The van der Waals surface area contributed by atoms with Crippen molar-refractivity contribution in [2.45, 2.75) is 19.8 Å². The predicted molar refractivity (Wildman–Crippen MR) is 67.3 cm³/mol. The van der Waals surface area contributed by atoms with E-state index in [9.17, 15) is 4.79 Å². The van der Waals surface area contributed by atoms with E-state index in [-0.39, 0.29) is 0 Å². The minimum absolute atomic E-state index is 0.417. The molecular weight excluding hydrogens is 216 g/mol. The first kappa shape index (κ1) is 13.3. The molecule has 0 heterocycles. The molecule has 0 aliphatic carbocycles. The number of carbonyl (C=O) groups is 1. The van der Waals surface area contributed by atoms with Crippen LogP contribution in [-0.4, -0.2) is 18.2 Å². The molecule has 0 aromatic heterocycles. The average Bonchev–Trinajstić information content (AvgIpc) is 2.27. The van der Waals surface area contributed by atoms with Crippen LogP contribution < -0.4 is 4.74 Å². The van der Waals surface area contributed by atoms with E-state index in [4.69, 9.17) is 9.84 Å². The molecule has 0 spiro atoms. The van der Waals surface area contributed by atoms with Crippen molar-refractivity contribution in [1.82, 2.24) is 0 Å². The zero-order valence-electron chi connectivity index (χ0n) is 10.3. The largest absolute Gasteiger partial charge is 0.497 e. The van der Waals surface area contributed by atoms with E-state index >= 15 is 0 Å². The van der Waals surface area contributed by atoms with Crippen LogP contribution in [0.3, 0.4) is 0 Å². The third-order valence-electron chi connectivity index (χ3n) is 2.56. The number of hydrogen-bond donors (Lipinski definition) is 1. The number of carboxylic acids is 1. The van der Waals surface area contributed by atoms with Crippen LogP contribution in [0.5, 0.6) is 5.75 Å². The van der Waals surface area contributed by atoms with Crippen LogP contribution in [0.2, 0.25) is 0 Å². The van der Waals surface area contributed by atoms with Crippen LogP contribution in [0.4, 0.5) is 0 Å². The first-order valence-electron chi connectivity index (χ1n) is 5.53. The average molecular weight is 234 g/mol. The van der Waals surface area contributed by atoms with Gasteiger partial charge >= 0.3 is 5.97 Å². The zero-order valence-corrected chi connectivity index (χ0v) is 10.3. The lowest BCUT2D eigenvalue weighted by atomic mass is 9.93. The van der Waals surface area contributed by atoms with Crippen LogP contribution in [0.1, 0.15) is 18.9 Å². The summed E-state index contributed by atoms with van der Waals surface area (Å²) in [7, 11) is 1.60. The van der Waals surface area contributed by atoms with Gasteiger partial charge in [-0.15, -0.1) is 6.58 Å². The molecule has 0 aliphatic heterocycles. The van der Waals surface area contributed by atoms with Gasteiger partial charge in [0.1, 0.15) is 5.75 Å². The Labute approximate surface area is 102 Å². The molecule has 1 aromatic carbocycles. The fraction of sp³-hybridized carbons (Fsp3) is 0.357. The first-order valence-corrected chi connectivity index (χ1v) is 5.53. The van der Waals surface area contributed by atoms with E-state index in [1.807, 2.05) is 31.2 Å². The lowest BCUT2D eigenvalue weighted by molar-refractivity contribution is -0.141. The Balaban J connectivity index is 2.78. The standard InChI is InChI=1S/C14H18O3/c1-10(2)7-12(14(15)16)8-11-5-4-6-13(9-11)17-3/h4-6,9,12H,1,7-8H2,2-3H3,(H,15,16). The van der Waals surface area contributed by atoms with Crippen LogP contribution in [0.25, 0.3) is 0 Å². The Hall–Kier alpha value is -1.77. The first-order chi connectivity index (χ1) is 8.02. The quantitative estimate of drug-likeness (QED) is 0.770. The second-order valence-electron chi connectivity index (χ2n) is 4.25. The van der Waals surface area contributed by atoms with Crippen molar-refractivity contribution in [3.05, 3.63) is 42.0 Å². The van der Waals surface area contributed by atoms with Crippen molar-refractivity contribution in [3.63, 3.8) is 0 Å². The number of allylic oxidation sites excluding steroid dienone is 1. The van der Waals surface area contributed by atoms with Gasteiger partial charge in [0.05, 0.1) is 13.0 Å². The number of ether oxygens (including phenoxy) is 1. The van der Waals surface area contributed by atoms with Gasteiger partial charge in [0, 0.05) is 0 Å². The lowest BCUT2D eigenvalue weighted by Crippen LogP contribution is -2.16. The Morgan fingerprint density at radius 2 is 2.24 bits per heavy atom. The summed E-state index contributed by atoms with van der Waals surface area (Å²) in [5.41, 5.74) is 1.86. The molecule has 1 atom stereocenters. The summed E-state index contributed by atoms with van der Waals surface area (Å²) in [6, 6.07) is 7.50. The van der Waals surface area contributed by atoms with Gasteiger partial charge in [-0.25, -0.2) is 0 Å². The maximum Gasteiger partial charge on any atom is 0.307 e. The SMILES string of the molecule is C=C(C)CC(Cc1cccc(OC)c1)C(=O)O. The molecule has 0 fully saturated rings. The fourth-order valence-corrected chi connectivity index (χ4v) is 1.75. The van der Waals surface area contributed by atoms with Crippen LogP contribution >= 0.6 is 0 Å². The molecule has 0 radical (unpaired) electrons. The third-order valence-corrected chi connectivity index (χ3v) is 2.56. The highest BCUT2D eigenvalue weighted by molar-refractivity contribution is 5.70. The highest BCUT2D eigenvalue weighted by atomic mass is 16.5. The predicted octanol–water partition coefficient (Wildman–Crippen LogP) is 2.90. The highest BCUT2D eigenvalue weighted by Crippen LogP contribution is 2.20. The molecule has 1 N–H and O–H groups in total. The summed E-state index contributed by atoms with van der Waals surface area (Å²) < 4.78 is 5.11. The molecule has 92 valence electrons. The molecule has 1 aromatic rings. The molecular formula is C14H18O3. The van der Waals surface area contributed by atoms with Crippen molar-refractivity contribution in [3.8, 4) is 5.75 Å². The van der Waals surface area contributed by atoms with Crippen LogP contribution in [0, 0.1) is 5.92 Å². The van der Waals surface area contributed by atoms with Crippen LogP contribution in [-0.2, 0) is 11.2 Å². The number of methoxy groups -OCH3 is 1. The van der Waals surface area contributed by atoms with Gasteiger partial charge in [-0.2, -0.15) is 0 Å². The van der Waals surface area contributed by atoms with Crippen molar-refractivity contribution >= 4 is 5.97 Å². The van der Waals surface area contributed by atoms with Gasteiger partial charge in [-0.1, -0.05) is 17.7 Å². The minimum Gasteiger partial charge on any atom is -0.497 e. The maximum absolute atomic E-state index is 11.1. The number of rotatable bonds is 6. The van der Waals surface area contributed by atoms with Gasteiger partial charge in [0.25, 0.3) is 0 Å². The van der Waals surface area contributed by atoms with E-state index in [1.54, 1.807) is 7.11 Å². The molecule has 0 saturated heterocycles. The number of aliphatic carboxylic acids is 1. The van der Waals surface area contributed by atoms with Crippen molar-refractivity contribution in [2.75, 3.05) is 7.11 Å². The van der Waals surface area contributed by atoms with Crippen molar-refractivity contribution in [2.24, 2.45) is 5.92 Å². The summed E-state index contributed by atoms with van der Waals surface area (Å²) in [6.07, 6.45) is 1.01. The van der Waals surface area contributed by atoms with Crippen molar-refractivity contribution in [1.29, 1.82) is 0 Å². The topological polar surface area (TPSA) is 46.5 Å². The van der Waals surface area contributed by atoms with Crippen molar-refractivity contribution < 1.29 is 14.6 Å². The molecule has 1 rings (SSSR count). The summed E-state index contributed by atoms with van der Waals surface area (Å²) in [4.78, 5) is 11.1. The van der Waals surface area contributed by atoms with Gasteiger partial charge < -0.3 is 9.84 Å². The highest BCUT2D eigenvalue weighted by Gasteiger charge is 2.18. The van der Waals surface area contributed by atoms with E-state index in [1.165, 1.54) is 0 Å². The lowest BCUT2D eigenvalue weighted by Gasteiger charge is -2.12. The fourth-order valence-electron chi connectivity index (χ4n) is 1.75. The molecule has 3 heteroatoms. The molecule has 0 bridgehead atoms. The normalized spacial score (nSPS) is 11.9. The van der Waals surface area contributed by atoms with E-state index in [0.717, 1.165) is 16.9 Å². The molecule has 3 nitrogen and oxygen atoms in total. The van der Waals surface area contributed by atoms with Gasteiger partial charge in [-0.3, -0.25) is 4.79 Å². The second-order valence-corrected chi connectivity index (χ2v) is 4.25. The van der Waals surface area contributed by atoms with Crippen LogP contribution in [0.15, 0.2) is 36.4 Å². The Morgan fingerprint density at radius 1 is 1.53 bits per heavy atom. The third kappa shape index (κ3) is 4.31. The van der Waals surface area contributed by atoms with Gasteiger partial charge in [0.15, 0.2) is 0 Å². The monoisotopic (exact) mass is 234 g/mol. The Kier molecular flexibility index (Phi) is 4.76. The molecule has 1 unspecified atom stereocenters.